The van der Waals surface area contributed by atoms with Crippen molar-refractivity contribution in [2.75, 3.05) is 24.3 Å². The predicted molar refractivity (Wildman–Crippen MR) is 109 cm³/mol. The number of fused-ring (bicyclic) bond motifs is 1. The summed E-state index contributed by atoms with van der Waals surface area (Å²) in [4.78, 5) is 19.9. The number of nitrogens with one attached hydrogen (secondary N) is 1. The second kappa shape index (κ2) is 7.37. The Morgan fingerprint density at radius 2 is 1.74 bits per heavy atom. The molecule has 0 radical (unpaired) electrons. The molecule has 3 heterocycles. The van der Waals surface area contributed by atoms with Crippen LogP contribution in [0, 0.1) is 0 Å². The fraction of sp³-hybridized carbons (Fsp3) is 0.143. The largest absolute Gasteiger partial charge is 0.365 e. The second-order valence-electron chi connectivity index (χ2n) is 6.42. The monoisotopic (exact) mass is 356 g/mol. The van der Waals surface area contributed by atoms with Gasteiger partial charge in [-0.2, -0.15) is 0 Å². The normalized spacial score (nSPS) is 10.7. The van der Waals surface area contributed by atoms with Crippen LogP contribution in [0.4, 0.5) is 11.6 Å². The molecule has 0 amide bonds. The quantitative estimate of drug-likeness (QED) is 0.587. The van der Waals surface area contributed by atoms with E-state index in [1.807, 2.05) is 67.7 Å². The van der Waals surface area contributed by atoms with Crippen LogP contribution >= 0.6 is 0 Å². The van der Waals surface area contributed by atoms with Crippen molar-refractivity contribution in [1.82, 2.24) is 19.9 Å². The highest BCUT2D eigenvalue weighted by Gasteiger charge is 2.09. The minimum Gasteiger partial charge on any atom is -0.365 e. The molecule has 3 aromatic heterocycles. The van der Waals surface area contributed by atoms with Gasteiger partial charge in [0.15, 0.2) is 5.82 Å². The summed E-state index contributed by atoms with van der Waals surface area (Å²) in [6.45, 7) is 0.653. The summed E-state index contributed by atoms with van der Waals surface area (Å²) in [6.07, 6.45) is 5.33. The highest BCUT2D eigenvalue weighted by molar-refractivity contribution is 5.90. The number of hydrogen-bond donors (Lipinski definition) is 1. The van der Waals surface area contributed by atoms with Gasteiger partial charge in [0.05, 0.1) is 5.52 Å². The first kappa shape index (κ1) is 16.9. The number of nitrogens with zero attached hydrogens (tertiary/aromatic N) is 5. The van der Waals surface area contributed by atoms with Crippen LogP contribution in [-0.2, 0) is 6.54 Å². The Kier molecular flexibility index (Phi) is 4.61. The summed E-state index contributed by atoms with van der Waals surface area (Å²) in [6, 6.07) is 15.9. The van der Waals surface area contributed by atoms with E-state index in [2.05, 4.69) is 21.4 Å². The van der Waals surface area contributed by atoms with Crippen LogP contribution < -0.4 is 10.2 Å². The first-order valence-corrected chi connectivity index (χ1v) is 8.74. The maximum absolute atomic E-state index is 4.77. The number of pyridine rings is 2. The average Bonchev–Trinajstić information content (AvgIpc) is 2.72. The molecule has 27 heavy (non-hydrogen) atoms. The third-order valence-corrected chi connectivity index (χ3v) is 4.27. The third-order valence-electron chi connectivity index (χ3n) is 4.27. The standard InChI is InChI=1S/C21H20N6/c1-27(2)19-13-15(7-12-23-19)14-24-21-17-5-3-4-6-18(17)25-20(26-21)16-8-10-22-11-9-16/h3-13H,14H2,1-2H3,(H,24,25,26). The van der Waals surface area contributed by atoms with Gasteiger partial charge in [-0.15, -0.1) is 0 Å². The molecular weight excluding hydrogens is 336 g/mol. The molecule has 6 heteroatoms. The van der Waals surface area contributed by atoms with Crippen molar-refractivity contribution in [2.45, 2.75) is 6.54 Å². The summed E-state index contributed by atoms with van der Waals surface area (Å²) in [5, 5.41) is 4.46. The first-order valence-electron chi connectivity index (χ1n) is 8.74. The van der Waals surface area contributed by atoms with E-state index >= 15 is 0 Å². The molecule has 4 rings (SSSR count). The SMILES string of the molecule is CN(C)c1cc(CNc2nc(-c3ccncc3)nc3ccccc23)ccn1. The molecule has 134 valence electrons. The van der Waals surface area contributed by atoms with Gasteiger partial charge in [-0.1, -0.05) is 12.1 Å². The minimum absolute atomic E-state index is 0.653. The van der Waals surface area contributed by atoms with Crippen LogP contribution in [0.25, 0.3) is 22.3 Å². The van der Waals surface area contributed by atoms with Gasteiger partial charge in [0, 0.05) is 50.2 Å². The molecule has 0 aliphatic heterocycles. The van der Waals surface area contributed by atoms with Crippen LogP contribution in [0.1, 0.15) is 5.56 Å². The van der Waals surface area contributed by atoms with Crippen molar-refractivity contribution in [3.63, 3.8) is 0 Å². The zero-order valence-electron chi connectivity index (χ0n) is 15.3. The lowest BCUT2D eigenvalue weighted by atomic mass is 10.2. The summed E-state index contributed by atoms with van der Waals surface area (Å²) in [5.41, 5.74) is 2.99. The molecule has 1 aromatic carbocycles. The summed E-state index contributed by atoms with van der Waals surface area (Å²) in [7, 11) is 3.97. The van der Waals surface area contributed by atoms with E-state index in [1.165, 1.54) is 0 Å². The Hall–Kier alpha value is -3.54. The molecule has 0 unspecified atom stereocenters. The Balaban J connectivity index is 1.69. The van der Waals surface area contributed by atoms with Gasteiger partial charge in [-0.25, -0.2) is 15.0 Å². The van der Waals surface area contributed by atoms with Crippen LogP contribution in [0.2, 0.25) is 0 Å². The molecule has 0 spiro atoms. The Bertz CT molecular complexity index is 1060. The van der Waals surface area contributed by atoms with Crippen LogP contribution in [-0.4, -0.2) is 34.0 Å². The summed E-state index contributed by atoms with van der Waals surface area (Å²) >= 11 is 0. The molecule has 0 fully saturated rings. The molecule has 0 atom stereocenters. The second-order valence-corrected chi connectivity index (χ2v) is 6.42. The van der Waals surface area contributed by atoms with Crippen molar-refractivity contribution < 1.29 is 0 Å². The van der Waals surface area contributed by atoms with E-state index in [4.69, 9.17) is 9.97 Å². The molecule has 0 aliphatic carbocycles. The Labute approximate surface area is 158 Å². The zero-order chi connectivity index (χ0) is 18.6. The molecule has 0 saturated carbocycles. The maximum Gasteiger partial charge on any atom is 0.162 e. The minimum atomic E-state index is 0.653. The molecule has 1 N–H and O–H groups in total. The highest BCUT2D eigenvalue weighted by atomic mass is 15.1. The predicted octanol–water partition coefficient (Wildman–Crippen LogP) is 3.76. The van der Waals surface area contributed by atoms with Crippen molar-refractivity contribution in [3.05, 3.63) is 72.7 Å². The van der Waals surface area contributed by atoms with Crippen LogP contribution in [0.5, 0.6) is 0 Å². The fourth-order valence-corrected chi connectivity index (χ4v) is 2.84. The Morgan fingerprint density at radius 1 is 0.926 bits per heavy atom. The summed E-state index contributed by atoms with van der Waals surface area (Å²) in [5.74, 6) is 2.43. The van der Waals surface area contributed by atoms with Gasteiger partial charge < -0.3 is 10.2 Å². The van der Waals surface area contributed by atoms with Gasteiger partial charge in [0.2, 0.25) is 0 Å². The number of para-hydroxylation sites is 1. The number of hydrogen-bond acceptors (Lipinski definition) is 6. The van der Waals surface area contributed by atoms with Gasteiger partial charge >= 0.3 is 0 Å². The van der Waals surface area contributed by atoms with E-state index in [0.29, 0.717) is 12.4 Å². The van der Waals surface area contributed by atoms with Crippen molar-refractivity contribution in [2.24, 2.45) is 0 Å². The number of aromatic nitrogens is 4. The van der Waals surface area contributed by atoms with Gasteiger partial charge in [0.1, 0.15) is 11.6 Å². The molecule has 4 aromatic rings. The zero-order valence-corrected chi connectivity index (χ0v) is 15.3. The number of anilines is 2. The van der Waals surface area contributed by atoms with Crippen molar-refractivity contribution in [3.8, 4) is 11.4 Å². The van der Waals surface area contributed by atoms with Gasteiger partial charge in [-0.3, -0.25) is 4.98 Å². The third kappa shape index (κ3) is 3.69. The highest BCUT2D eigenvalue weighted by Crippen LogP contribution is 2.25. The fourth-order valence-electron chi connectivity index (χ4n) is 2.84. The molecular formula is C21H20N6. The topological polar surface area (TPSA) is 66.8 Å². The lowest BCUT2D eigenvalue weighted by Gasteiger charge is -2.14. The maximum atomic E-state index is 4.77. The molecule has 6 nitrogen and oxygen atoms in total. The Morgan fingerprint density at radius 3 is 2.56 bits per heavy atom. The number of benzene rings is 1. The first-order chi connectivity index (χ1) is 13.2. The van der Waals surface area contributed by atoms with Crippen LogP contribution in [0.15, 0.2) is 67.1 Å². The van der Waals surface area contributed by atoms with Gasteiger partial charge in [0.25, 0.3) is 0 Å². The van der Waals surface area contributed by atoms with E-state index in [1.54, 1.807) is 12.4 Å². The van der Waals surface area contributed by atoms with E-state index in [0.717, 1.165) is 33.7 Å². The average molecular weight is 356 g/mol. The van der Waals surface area contributed by atoms with Crippen molar-refractivity contribution in [1.29, 1.82) is 0 Å². The summed E-state index contributed by atoms with van der Waals surface area (Å²) < 4.78 is 0. The number of rotatable bonds is 5. The molecule has 0 saturated heterocycles. The van der Waals surface area contributed by atoms with Crippen molar-refractivity contribution >= 4 is 22.5 Å². The van der Waals surface area contributed by atoms with E-state index < -0.39 is 0 Å². The van der Waals surface area contributed by atoms with E-state index in [9.17, 15) is 0 Å². The smallest absolute Gasteiger partial charge is 0.162 e. The lowest BCUT2D eigenvalue weighted by molar-refractivity contribution is 1.04. The van der Waals surface area contributed by atoms with Crippen LogP contribution in [0.3, 0.4) is 0 Å². The van der Waals surface area contributed by atoms with Gasteiger partial charge in [-0.05, 0) is 42.0 Å². The molecule has 0 bridgehead atoms. The lowest BCUT2D eigenvalue weighted by Crippen LogP contribution is -2.11. The van der Waals surface area contributed by atoms with E-state index in [-0.39, 0.29) is 0 Å². The molecule has 0 aliphatic rings.